The van der Waals surface area contributed by atoms with Crippen LogP contribution in [0.1, 0.15) is 68.5 Å². The molecule has 0 aliphatic heterocycles. The van der Waals surface area contributed by atoms with Gasteiger partial charge in [-0.05, 0) is 25.7 Å². The first-order valence-corrected chi connectivity index (χ1v) is 6.18. The Bertz CT molecular complexity index is 385. The third-order valence-corrected chi connectivity index (χ3v) is 3.82. The molecule has 86 valence electrons. The van der Waals surface area contributed by atoms with Crippen molar-refractivity contribution in [2.45, 2.75) is 56.8 Å². The van der Waals surface area contributed by atoms with Crippen LogP contribution in [0, 0.1) is 0 Å². The molecule has 2 aliphatic carbocycles. The minimum atomic E-state index is 0.319. The summed E-state index contributed by atoms with van der Waals surface area (Å²) >= 11 is 0. The fourth-order valence-electron chi connectivity index (χ4n) is 2.43. The molecule has 2 saturated carbocycles. The molecule has 16 heavy (non-hydrogen) atoms. The van der Waals surface area contributed by atoms with Crippen LogP contribution in [0.5, 0.6) is 0 Å². The highest BCUT2D eigenvalue weighted by molar-refractivity contribution is 5.79. The second-order valence-electron chi connectivity index (χ2n) is 4.93. The van der Waals surface area contributed by atoms with Crippen LogP contribution in [0.2, 0.25) is 0 Å². The van der Waals surface area contributed by atoms with Gasteiger partial charge in [0.1, 0.15) is 5.78 Å². The van der Waals surface area contributed by atoms with Gasteiger partial charge < -0.3 is 4.52 Å². The first kappa shape index (κ1) is 10.00. The van der Waals surface area contributed by atoms with Crippen molar-refractivity contribution in [1.82, 2.24) is 10.1 Å². The Morgan fingerprint density at radius 2 is 1.81 bits per heavy atom. The predicted octanol–water partition coefficient (Wildman–Crippen LogP) is 2.56. The summed E-state index contributed by atoms with van der Waals surface area (Å²) in [6, 6.07) is 0. The molecule has 3 rings (SSSR count). The normalized spacial score (nSPS) is 23.4. The van der Waals surface area contributed by atoms with Crippen LogP contribution >= 0.6 is 0 Å². The van der Waals surface area contributed by atoms with Crippen molar-refractivity contribution in [1.29, 1.82) is 0 Å². The third kappa shape index (κ3) is 1.77. The summed E-state index contributed by atoms with van der Waals surface area (Å²) in [7, 11) is 0. The van der Waals surface area contributed by atoms with Crippen molar-refractivity contribution in [2.75, 3.05) is 0 Å². The molecule has 1 aromatic rings. The molecule has 2 fully saturated rings. The van der Waals surface area contributed by atoms with Gasteiger partial charge in [0.15, 0.2) is 5.82 Å². The number of hydrogen-bond acceptors (Lipinski definition) is 4. The van der Waals surface area contributed by atoms with Gasteiger partial charge in [0.25, 0.3) is 0 Å². The molecule has 0 radical (unpaired) electrons. The SMILES string of the molecule is O=C1CCC(c2nc(C3CCC3)no2)CC1. The van der Waals surface area contributed by atoms with Crippen molar-refractivity contribution in [3.05, 3.63) is 11.7 Å². The van der Waals surface area contributed by atoms with Crippen LogP contribution in [0.15, 0.2) is 4.52 Å². The van der Waals surface area contributed by atoms with Gasteiger partial charge >= 0.3 is 0 Å². The Morgan fingerprint density at radius 1 is 1.06 bits per heavy atom. The van der Waals surface area contributed by atoms with Crippen LogP contribution in [0.3, 0.4) is 0 Å². The second-order valence-corrected chi connectivity index (χ2v) is 4.93. The van der Waals surface area contributed by atoms with Crippen LogP contribution in [-0.2, 0) is 4.79 Å². The summed E-state index contributed by atoms with van der Waals surface area (Å²) < 4.78 is 5.32. The number of Topliss-reactive ketones (excluding diaryl/α,β-unsaturated/α-hetero) is 1. The Hall–Kier alpha value is -1.19. The van der Waals surface area contributed by atoms with Crippen molar-refractivity contribution in [2.24, 2.45) is 0 Å². The minimum Gasteiger partial charge on any atom is -0.339 e. The molecule has 0 bridgehead atoms. The van der Waals surface area contributed by atoms with Gasteiger partial charge in [-0.2, -0.15) is 4.98 Å². The van der Waals surface area contributed by atoms with Crippen LogP contribution in [0.4, 0.5) is 0 Å². The lowest BCUT2D eigenvalue weighted by atomic mass is 9.85. The van der Waals surface area contributed by atoms with Gasteiger partial charge in [-0.25, -0.2) is 0 Å². The third-order valence-electron chi connectivity index (χ3n) is 3.82. The standard InChI is InChI=1S/C12H16N2O2/c15-10-6-4-9(5-7-10)12-13-11(14-16-12)8-2-1-3-8/h8-9H,1-7H2. The molecule has 2 aliphatic rings. The van der Waals surface area contributed by atoms with Crippen molar-refractivity contribution in [3.63, 3.8) is 0 Å². The number of nitrogens with zero attached hydrogens (tertiary/aromatic N) is 2. The number of ketones is 1. The number of rotatable bonds is 2. The Balaban J connectivity index is 1.69. The molecular formula is C12H16N2O2. The van der Waals surface area contributed by atoms with E-state index in [4.69, 9.17) is 4.52 Å². The van der Waals surface area contributed by atoms with Crippen molar-refractivity contribution >= 4 is 5.78 Å². The monoisotopic (exact) mass is 220 g/mol. The molecule has 1 aromatic heterocycles. The first-order valence-electron chi connectivity index (χ1n) is 6.18. The molecule has 4 nitrogen and oxygen atoms in total. The summed E-state index contributed by atoms with van der Waals surface area (Å²) in [5.41, 5.74) is 0. The van der Waals surface area contributed by atoms with Gasteiger partial charge in [-0.3, -0.25) is 4.79 Å². The molecule has 0 unspecified atom stereocenters. The molecule has 0 N–H and O–H groups in total. The summed E-state index contributed by atoms with van der Waals surface area (Å²) in [6.45, 7) is 0. The largest absolute Gasteiger partial charge is 0.339 e. The zero-order chi connectivity index (χ0) is 11.0. The predicted molar refractivity (Wildman–Crippen MR) is 57.1 cm³/mol. The molecule has 4 heteroatoms. The van der Waals surface area contributed by atoms with E-state index in [-0.39, 0.29) is 0 Å². The maximum absolute atomic E-state index is 11.1. The van der Waals surface area contributed by atoms with E-state index in [2.05, 4.69) is 10.1 Å². The topological polar surface area (TPSA) is 56.0 Å². The molecule has 1 heterocycles. The Morgan fingerprint density at radius 3 is 2.44 bits per heavy atom. The number of carbonyl (C=O) groups is 1. The number of hydrogen-bond donors (Lipinski definition) is 0. The smallest absolute Gasteiger partial charge is 0.229 e. The molecule has 0 atom stereocenters. The van der Waals surface area contributed by atoms with E-state index >= 15 is 0 Å². The summed E-state index contributed by atoms with van der Waals surface area (Å²) in [5.74, 6) is 2.87. The van der Waals surface area contributed by atoms with Crippen LogP contribution < -0.4 is 0 Å². The van der Waals surface area contributed by atoms with E-state index in [1.807, 2.05) is 0 Å². The molecule has 0 aromatic carbocycles. The zero-order valence-electron chi connectivity index (χ0n) is 9.32. The zero-order valence-corrected chi connectivity index (χ0v) is 9.32. The fourth-order valence-corrected chi connectivity index (χ4v) is 2.43. The highest BCUT2D eigenvalue weighted by Gasteiger charge is 2.28. The van der Waals surface area contributed by atoms with E-state index in [0.29, 0.717) is 30.5 Å². The average Bonchev–Trinajstić information content (AvgIpc) is 2.65. The van der Waals surface area contributed by atoms with Crippen LogP contribution in [-0.4, -0.2) is 15.9 Å². The van der Waals surface area contributed by atoms with Gasteiger partial charge in [-0.15, -0.1) is 0 Å². The van der Waals surface area contributed by atoms with Crippen LogP contribution in [0.25, 0.3) is 0 Å². The summed E-state index contributed by atoms with van der Waals surface area (Å²) in [6.07, 6.45) is 6.78. The van der Waals surface area contributed by atoms with Gasteiger partial charge in [0.2, 0.25) is 5.89 Å². The lowest BCUT2D eigenvalue weighted by Gasteiger charge is -2.21. The maximum atomic E-state index is 11.1. The average molecular weight is 220 g/mol. The molecular weight excluding hydrogens is 204 g/mol. The lowest BCUT2D eigenvalue weighted by molar-refractivity contribution is -0.120. The van der Waals surface area contributed by atoms with E-state index in [1.165, 1.54) is 19.3 Å². The molecule has 0 spiro atoms. The number of carbonyl (C=O) groups excluding carboxylic acids is 1. The van der Waals surface area contributed by atoms with E-state index < -0.39 is 0 Å². The summed E-state index contributed by atoms with van der Waals surface area (Å²) in [4.78, 5) is 15.6. The second kappa shape index (κ2) is 4.00. The molecule has 0 amide bonds. The lowest BCUT2D eigenvalue weighted by Crippen LogP contribution is -2.13. The van der Waals surface area contributed by atoms with Crippen molar-refractivity contribution in [3.8, 4) is 0 Å². The van der Waals surface area contributed by atoms with Gasteiger partial charge in [0, 0.05) is 24.7 Å². The van der Waals surface area contributed by atoms with Gasteiger partial charge in [0.05, 0.1) is 0 Å². The highest BCUT2D eigenvalue weighted by Crippen LogP contribution is 2.36. The summed E-state index contributed by atoms with van der Waals surface area (Å²) in [5, 5.41) is 4.06. The minimum absolute atomic E-state index is 0.319. The highest BCUT2D eigenvalue weighted by atomic mass is 16.5. The van der Waals surface area contributed by atoms with Crippen molar-refractivity contribution < 1.29 is 9.32 Å². The quantitative estimate of drug-likeness (QED) is 0.768. The van der Waals surface area contributed by atoms with E-state index in [9.17, 15) is 4.79 Å². The first-order chi connectivity index (χ1) is 7.83. The Labute approximate surface area is 94.4 Å². The Kier molecular flexibility index (Phi) is 2.50. The maximum Gasteiger partial charge on any atom is 0.229 e. The van der Waals surface area contributed by atoms with Gasteiger partial charge in [-0.1, -0.05) is 11.6 Å². The fraction of sp³-hybridized carbons (Fsp3) is 0.750. The number of aromatic nitrogens is 2. The molecule has 0 saturated heterocycles. The van der Waals surface area contributed by atoms with E-state index in [1.54, 1.807) is 0 Å². The van der Waals surface area contributed by atoms with E-state index in [0.717, 1.165) is 24.6 Å².